The first-order valence-electron chi connectivity index (χ1n) is 13.3. The van der Waals surface area contributed by atoms with E-state index in [9.17, 15) is 9.59 Å². The number of H-pyrrole nitrogens is 1. The highest BCUT2D eigenvalue weighted by Gasteiger charge is 2.17. The van der Waals surface area contributed by atoms with Gasteiger partial charge in [0.2, 0.25) is 0 Å². The lowest BCUT2D eigenvalue weighted by Crippen LogP contribution is -2.28. The summed E-state index contributed by atoms with van der Waals surface area (Å²) in [5.74, 6) is 0.501. The molecule has 0 aliphatic rings. The van der Waals surface area contributed by atoms with Crippen LogP contribution in [0.4, 0.5) is 0 Å². The fraction of sp³-hybridized carbons (Fsp3) is 0.250. The Morgan fingerprint density at radius 1 is 0.897 bits per heavy atom. The zero-order chi connectivity index (χ0) is 27.5. The van der Waals surface area contributed by atoms with Gasteiger partial charge in [-0.1, -0.05) is 73.1 Å². The predicted octanol–water partition coefficient (Wildman–Crippen LogP) is 6.10. The summed E-state index contributed by atoms with van der Waals surface area (Å²) in [7, 11) is 0. The van der Waals surface area contributed by atoms with E-state index < -0.39 is 5.76 Å². The minimum Gasteiger partial charge on any atom is -0.296 e. The molecular weight excluding hydrogens is 488 g/mol. The number of rotatable bonds is 8. The van der Waals surface area contributed by atoms with Crippen molar-refractivity contribution in [3.63, 3.8) is 0 Å². The van der Waals surface area contributed by atoms with Crippen LogP contribution >= 0.6 is 0 Å². The Balaban J connectivity index is 1.53. The number of hydrogen-bond donors (Lipinski definition) is 1. The van der Waals surface area contributed by atoms with Crippen molar-refractivity contribution in [1.29, 1.82) is 0 Å². The third-order valence-corrected chi connectivity index (χ3v) is 7.21. The van der Waals surface area contributed by atoms with Crippen molar-refractivity contribution in [2.24, 2.45) is 0 Å². The molecule has 0 aliphatic heterocycles. The molecule has 0 aliphatic carbocycles. The number of aryl methyl sites for hydroxylation is 4. The Morgan fingerprint density at radius 3 is 2.31 bits per heavy atom. The third kappa shape index (κ3) is 5.39. The molecule has 7 nitrogen and oxygen atoms in total. The number of benzene rings is 3. The molecule has 2 aromatic heterocycles. The molecule has 7 heteroatoms. The van der Waals surface area contributed by atoms with Crippen molar-refractivity contribution in [1.82, 2.24) is 19.7 Å². The third-order valence-electron chi connectivity index (χ3n) is 7.21. The molecule has 0 fully saturated rings. The summed E-state index contributed by atoms with van der Waals surface area (Å²) in [6.45, 7) is 8.18. The van der Waals surface area contributed by atoms with Crippen LogP contribution in [0.25, 0.3) is 28.2 Å². The monoisotopic (exact) mass is 520 g/mol. The van der Waals surface area contributed by atoms with Crippen molar-refractivity contribution in [2.75, 3.05) is 0 Å². The molecule has 0 saturated heterocycles. The number of hydrogen-bond acceptors (Lipinski definition) is 5. The van der Waals surface area contributed by atoms with Crippen LogP contribution < -0.4 is 11.3 Å². The SMILES string of the molecule is CCCCc1nc(C)n(-c2ccc(C)c(C)c2)c(=O)c1Cc1ccc(-c2ccccc2-c2noc(=O)[nH]2)cc1. The topological polar surface area (TPSA) is 93.8 Å². The Kier molecular flexibility index (Phi) is 7.41. The quantitative estimate of drug-likeness (QED) is 0.267. The molecule has 198 valence electrons. The molecule has 3 aromatic carbocycles. The normalized spacial score (nSPS) is 11.2. The molecule has 0 amide bonds. The molecule has 0 radical (unpaired) electrons. The second kappa shape index (κ2) is 11.1. The van der Waals surface area contributed by atoms with Gasteiger partial charge in [-0.25, -0.2) is 9.78 Å². The first-order chi connectivity index (χ1) is 18.9. The van der Waals surface area contributed by atoms with E-state index >= 15 is 0 Å². The van der Waals surface area contributed by atoms with Gasteiger partial charge in [0.25, 0.3) is 5.56 Å². The van der Waals surface area contributed by atoms with Gasteiger partial charge in [0, 0.05) is 17.5 Å². The molecule has 1 N–H and O–H groups in total. The molecular formula is C32H32N4O3. The fourth-order valence-electron chi connectivity index (χ4n) is 4.91. The molecule has 0 bridgehead atoms. The second-order valence-corrected chi connectivity index (χ2v) is 9.96. The largest absolute Gasteiger partial charge is 0.439 e. The van der Waals surface area contributed by atoms with Gasteiger partial charge in [0.05, 0.1) is 11.4 Å². The second-order valence-electron chi connectivity index (χ2n) is 9.96. The van der Waals surface area contributed by atoms with Gasteiger partial charge in [0.15, 0.2) is 5.82 Å². The van der Waals surface area contributed by atoms with Crippen LogP contribution in [0.3, 0.4) is 0 Å². The zero-order valence-electron chi connectivity index (χ0n) is 22.7. The molecule has 0 atom stereocenters. The van der Waals surface area contributed by atoms with E-state index in [4.69, 9.17) is 9.51 Å². The first-order valence-corrected chi connectivity index (χ1v) is 13.3. The summed E-state index contributed by atoms with van der Waals surface area (Å²) in [5.41, 5.74) is 8.47. The van der Waals surface area contributed by atoms with E-state index in [1.165, 1.54) is 5.56 Å². The molecule has 5 aromatic rings. The van der Waals surface area contributed by atoms with Crippen LogP contribution in [-0.2, 0) is 12.8 Å². The van der Waals surface area contributed by atoms with Gasteiger partial charge in [-0.15, -0.1) is 0 Å². The summed E-state index contributed by atoms with van der Waals surface area (Å²) >= 11 is 0. The van der Waals surface area contributed by atoms with Crippen LogP contribution in [0, 0.1) is 20.8 Å². The lowest BCUT2D eigenvalue weighted by Gasteiger charge is -2.17. The molecule has 5 rings (SSSR count). The Bertz CT molecular complexity index is 1740. The van der Waals surface area contributed by atoms with Gasteiger partial charge in [-0.05, 0) is 73.6 Å². The maximum Gasteiger partial charge on any atom is 0.439 e. The van der Waals surface area contributed by atoms with E-state index in [-0.39, 0.29) is 5.56 Å². The number of aromatic amines is 1. The standard InChI is InChI=1S/C32H32N4O3/c1-5-6-11-29-28(31(37)36(22(4)33-29)25-17-12-20(2)21(3)18-25)19-23-13-15-24(16-14-23)26-9-7-8-10-27(26)30-34-32(38)39-35-30/h7-10,12-18H,5-6,11,19H2,1-4H3,(H,34,35,38). The maximum absolute atomic E-state index is 13.9. The maximum atomic E-state index is 13.9. The van der Waals surface area contributed by atoms with Crippen molar-refractivity contribution in [3.05, 3.63) is 121 Å². The van der Waals surface area contributed by atoms with Crippen molar-refractivity contribution in [3.8, 4) is 28.2 Å². The van der Waals surface area contributed by atoms with E-state index in [1.807, 2.05) is 67.6 Å². The summed E-state index contributed by atoms with van der Waals surface area (Å²) in [4.78, 5) is 33.0. The van der Waals surface area contributed by atoms with E-state index in [0.717, 1.165) is 64.0 Å². The highest BCUT2D eigenvalue weighted by molar-refractivity contribution is 5.80. The fourth-order valence-corrected chi connectivity index (χ4v) is 4.91. The summed E-state index contributed by atoms with van der Waals surface area (Å²) < 4.78 is 6.45. The highest BCUT2D eigenvalue weighted by Crippen LogP contribution is 2.30. The minimum atomic E-state index is -0.591. The molecule has 0 spiro atoms. The van der Waals surface area contributed by atoms with Crippen molar-refractivity contribution in [2.45, 2.75) is 53.4 Å². The number of nitrogens with zero attached hydrogens (tertiary/aromatic N) is 3. The van der Waals surface area contributed by atoms with E-state index in [1.54, 1.807) is 4.57 Å². The Hall–Kier alpha value is -4.52. The summed E-state index contributed by atoms with van der Waals surface area (Å²) in [6, 6.07) is 21.9. The van der Waals surface area contributed by atoms with Crippen LogP contribution in [0.5, 0.6) is 0 Å². The average Bonchev–Trinajstić information content (AvgIpc) is 3.37. The van der Waals surface area contributed by atoms with Crippen LogP contribution in [0.2, 0.25) is 0 Å². The van der Waals surface area contributed by atoms with Crippen molar-refractivity contribution < 1.29 is 4.52 Å². The average molecular weight is 521 g/mol. The summed E-state index contributed by atoms with van der Waals surface area (Å²) in [6.07, 6.45) is 3.28. The van der Waals surface area contributed by atoms with E-state index in [2.05, 4.69) is 37.0 Å². The lowest BCUT2D eigenvalue weighted by molar-refractivity contribution is 0.388. The number of unbranched alkanes of at least 4 members (excludes halogenated alkanes) is 1. The molecule has 2 heterocycles. The number of nitrogens with one attached hydrogen (secondary N) is 1. The Labute approximate surface area is 227 Å². The van der Waals surface area contributed by atoms with Crippen LogP contribution in [0.15, 0.2) is 80.8 Å². The van der Waals surface area contributed by atoms with Crippen LogP contribution in [-0.4, -0.2) is 19.7 Å². The lowest BCUT2D eigenvalue weighted by atomic mass is 9.96. The summed E-state index contributed by atoms with van der Waals surface area (Å²) in [5, 5.41) is 3.85. The number of aromatic nitrogens is 4. The van der Waals surface area contributed by atoms with E-state index in [0.29, 0.717) is 18.1 Å². The minimum absolute atomic E-state index is 0.0127. The van der Waals surface area contributed by atoms with Gasteiger partial charge < -0.3 is 0 Å². The highest BCUT2D eigenvalue weighted by atomic mass is 16.5. The molecule has 0 unspecified atom stereocenters. The molecule has 0 saturated carbocycles. The van der Waals surface area contributed by atoms with Gasteiger partial charge >= 0.3 is 5.76 Å². The van der Waals surface area contributed by atoms with Crippen LogP contribution in [0.1, 0.15) is 53.5 Å². The molecule has 39 heavy (non-hydrogen) atoms. The smallest absolute Gasteiger partial charge is 0.296 e. The van der Waals surface area contributed by atoms with Crippen molar-refractivity contribution >= 4 is 0 Å². The first kappa shape index (κ1) is 26.1. The van der Waals surface area contributed by atoms with Gasteiger partial charge in [-0.2, -0.15) is 0 Å². The predicted molar refractivity (Wildman–Crippen MR) is 153 cm³/mol. The zero-order valence-corrected chi connectivity index (χ0v) is 22.7. The van der Waals surface area contributed by atoms with Gasteiger partial charge in [0.1, 0.15) is 5.82 Å². The van der Waals surface area contributed by atoms with Gasteiger partial charge in [-0.3, -0.25) is 18.9 Å². The Morgan fingerprint density at radius 2 is 1.64 bits per heavy atom.